The maximum absolute atomic E-state index is 12.5. The van der Waals surface area contributed by atoms with Crippen LogP contribution in [0.4, 0.5) is 0 Å². The third-order valence-electron chi connectivity index (χ3n) is 4.30. The van der Waals surface area contributed by atoms with Crippen LogP contribution in [-0.4, -0.2) is 46.1 Å². The molecule has 21 heavy (non-hydrogen) atoms. The van der Waals surface area contributed by atoms with E-state index in [2.05, 4.69) is 4.98 Å². The summed E-state index contributed by atoms with van der Waals surface area (Å²) in [5.74, 6) is -0.0585. The zero-order valence-corrected chi connectivity index (χ0v) is 12.0. The molecule has 4 N–H and O–H groups in total. The Morgan fingerprint density at radius 2 is 2.29 bits per heavy atom. The highest BCUT2D eigenvalue weighted by Gasteiger charge is 2.31. The highest BCUT2D eigenvalue weighted by atomic mass is 16.3. The largest absolute Gasteiger partial charge is 0.394 e. The number of aromatic amines is 1. The lowest BCUT2D eigenvalue weighted by Crippen LogP contribution is -2.47. The molecule has 1 aliphatic rings. The molecule has 0 aliphatic carbocycles. The van der Waals surface area contributed by atoms with Crippen LogP contribution in [-0.2, 0) is 11.2 Å². The van der Waals surface area contributed by atoms with Gasteiger partial charge in [-0.05, 0) is 30.9 Å². The van der Waals surface area contributed by atoms with E-state index in [-0.39, 0.29) is 18.6 Å². The minimum atomic E-state index is -0.559. The van der Waals surface area contributed by atoms with Crippen LogP contribution < -0.4 is 5.73 Å². The van der Waals surface area contributed by atoms with E-state index in [4.69, 9.17) is 5.73 Å². The fraction of sp³-hybridized carbons (Fsp3) is 0.438. The standard InChI is InChI=1S/C16H21N3O2/c17-14(16(21)19-7-3-4-12(19)10-20)8-11-9-18-15-6-2-1-5-13(11)15/h1-2,5-6,9,12,14,18,20H,3-4,7-8,10,17H2. The van der Waals surface area contributed by atoms with Crippen LogP contribution in [0.2, 0.25) is 0 Å². The van der Waals surface area contributed by atoms with Gasteiger partial charge >= 0.3 is 0 Å². The van der Waals surface area contributed by atoms with Crippen LogP contribution in [0, 0.1) is 0 Å². The number of aliphatic hydroxyl groups is 1. The van der Waals surface area contributed by atoms with Crippen molar-refractivity contribution in [3.8, 4) is 0 Å². The van der Waals surface area contributed by atoms with Gasteiger partial charge in [-0.15, -0.1) is 0 Å². The number of H-pyrrole nitrogens is 1. The average Bonchev–Trinajstić information content (AvgIpc) is 3.13. The molecule has 2 atom stereocenters. The number of amides is 1. The van der Waals surface area contributed by atoms with Gasteiger partial charge in [-0.1, -0.05) is 18.2 Å². The molecular formula is C16H21N3O2. The van der Waals surface area contributed by atoms with Crippen LogP contribution in [0.3, 0.4) is 0 Å². The number of fused-ring (bicyclic) bond motifs is 1. The van der Waals surface area contributed by atoms with Crippen molar-refractivity contribution in [2.45, 2.75) is 31.3 Å². The van der Waals surface area contributed by atoms with Crippen molar-refractivity contribution in [3.63, 3.8) is 0 Å². The topological polar surface area (TPSA) is 82.4 Å². The van der Waals surface area contributed by atoms with Crippen LogP contribution in [0.25, 0.3) is 10.9 Å². The van der Waals surface area contributed by atoms with E-state index in [1.54, 1.807) is 4.90 Å². The average molecular weight is 287 g/mol. The second-order valence-corrected chi connectivity index (χ2v) is 5.68. The summed E-state index contributed by atoms with van der Waals surface area (Å²) >= 11 is 0. The molecule has 1 aromatic heterocycles. The van der Waals surface area contributed by atoms with E-state index in [1.807, 2.05) is 30.5 Å². The Bertz CT molecular complexity index is 637. The Labute approximate surface area is 123 Å². The molecule has 0 bridgehead atoms. The van der Waals surface area contributed by atoms with E-state index >= 15 is 0 Å². The van der Waals surface area contributed by atoms with Gasteiger partial charge in [0.25, 0.3) is 0 Å². The van der Waals surface area contributed by atoms with Gasteiger partial charge in [-0.3, -0.25) is 4.79 Å². The molecule has 112 valence electrons. The molecule has 0 spiro atoms. The number of aromatic nitrogens is 1. The van der Waals surface area contributed by atoms with Crippen LogP contribution in [0.5, 0.6) is 0 Å². The second-order valence-electron chi connectivity index (χ2n) is 5.68. The quantitative estimate of drug-likeness (QED) is 0.785. The number of nitrogens with zero attached hydrogens (tertiary/aromatic N) is 1. The lowest BCUT2D eigenvalue weighted by molar-refractivity contribution is -0.134. The van der Waals surface area contributed by atoms with E-state index in [0.29, 0.717) is 13.0 Å². The van der Waals surface area contributed by atoms with Gasteiger partial charge < -0.3 is 20.7 Å². The van der Waals surface area contributed by atoms with Crippen molar-refractivity contribution in [2.24, 2.45) is 5.73 Å². The minimum Gasteiger partial charge on any atom is -0.394 e. The van der Waals surface area contributed by atoms with Crippen molar-refractivity contribution in [1.29, 1.82) is 0 Å². The maximum Gasteiger partial charge on any atom is 0.240 e. The summed E-state index contributed by atoms with van der Waals surface area (Å²) in [6.45, 7) is 0.719. The van der Waals surface area contributed by atoms with Gasteiger partial charge in [0.2, 0.25) is 5.91 Å². The monoisotopic (exact) mass is 287 g/mol. The Balaban J connectivity index is 1.74. The summed E-state index contributed by atoms with van der Waals surface area (Å²) in [5, 5.41) is 10.4. The molecule has 2 unspecified atom stereocenters. The highest BCUT2D eigenvalue weighted by Crippen LogP contribution is 2.21. The first-order valence-electron chi connectivity index (χ1n) is 7.42. The highest BCUT2D eigenvalue weighted by molar-refractivity contribution is 5.86. The molecule has 0 saturated carbocycles. The van der Waals surface area contributed by atoms with Gasteiger partial charge in [0.1, 0.15) is 0 Å². The van der Waals surface area contributed by atoms with Crippen molar-refractivity contribution in [2.75, 3.05) is 13.2 Å². The number of nitrogens with one attached hydrogen (secondary N) is 1. The third kappa shape index (κ3) is 2.66. The molecule has 1 fully saturated rings. The number of aliphatic hydroxyl groups excluding tert-OH is 1. The number of nitrogens with two attached hydrogens (primary N) is 1. The van der Waals surface area contributed by atoms with E-state index < -0.39 is 6.04 Å². The summed E-state index contributed by atoms with van der Waals surface area (Å²) < 4.78 is 0. The zero-order chi connectivity index (χ0) is 14.8. The molecule has 1 aliphatic heterocycles. The van der Waals surface area contributed by atoms with Crippen molar-refractivity contribution in [1.82, 2.24) is 9.88 Å². The molecule has 3 rings (SSSR count). The minimum absolute atomic E-state index is 0.0194. The van der Waals surface area contributed by atoms with Gasteiger partial charge in [0, 0.05) is 23.6 Å². The number of likely N-dealkylation sites (tertiary alicyclic amines) is 1. The van der Waals surface area contributed by atoms with Crippen molar-refractivity contribution < 1.29 is 9.90 Å². The normalized spacial score (nSPS) is 20.1. The number of benzene rings is 1. The summed E-state index contributed by atoms with van der Waals surface area (Å²) in [7, 11) is 0. The van der Waals surface area contributed by atoms with Gasteiger partial charge in [0.05, 0.1) is 18.7 Å². The molecule has 5 nitrogen and oxygen atoms in total. The SMILES string of the molecule is NC(Cc1c[nH]c2ccccc12)C(=O)N1CCCC1CO. The molecule has 1 aromatic carbocycles. The van der Waals surface area contributed by atoms with Gasteiger partial charge in [0.15, 0.2) is 0 Å². The van der Waals surface area contributed by atoms with Gasteiger partial charge in [-0.2, -0.15) is 0 Å². The zero-order valence-electron chi connectivity index (χ0n) is 12.0. The van der Waals surface area contributed by atoms with Crippen molar-refractivity contribution in [3.05, 3.63) is 36.0 Å². The number of rotatable bonds is 4. The number of para-hydroxylation sites is 1. The third-order valence-corrected chi connectivity index (χ3v) is 4.30. The number of carbonyl (C=O) groups is 1. The first kappa shape index (κ1) is 14.1. The van der Waals surface area contributed by atoms with E-state index in [9.17, 15) is 9.90 Å². The molecule has 0 radical (unpaired) electrons. The predicted octanol–water partition coefficient (Wildman–Crippen LogP) is 1.02. The lowest BCUT2D eigenvalue weighted by Gasteiger charge is -2.26. The van der Waals surface area contributed by atoms with Crippen LogP contribution in [0.1, 0.15) is 18.4 Å². The van der Waals surface area contributed by atoms with Crippen LogP contribution in [0.15, 0.2) is 30.5 Å². The molecule has 2 aromatic rings. The van der Waals surface area contributed by atoms with E-state index in [0.717, 1.165) is 29.3 Å². The number of hydrogen-bond donors (Lipinski definition) is 3. The molecule has 2 heterocycles. The Hall–Kier alpha value is -1.85. The van der Waals surface area contributed by atoms with Gasteiger partial charge in [-0.25, -0.2) is 0 Å². The molecule has 1 amide bonds. The Kier molecular flexibility index (Phi) is 3.94. The summed E-state index contributed by atoms with van der Waals surface area (Å²) in [5.41, 5.74) is 8.23. The molecular weight excluding hydrogens is 266 g/mol. The first-order chi connectivity index (χ1) is 10.2. The fourth-order valence-electron chi connectivity index (χ4n) is 3.15. The summed E-state index contributed by atoms with van der Waals surface area (Å²) in [6.07, 6.45) is 4.24. The number of carbonyl (C=O) groups excluding carboxylic acids is 1. The smallest absolute Gasteiger partial charge is 0.240 e. The molecule has 1 saturated heterocycles. The second kappa shape index (κ2) is 5.87. The Morgan fingerprint density at radius 1 is 1.48 bits per heavy atom. The van der Waals surface area contributed by atoms with Crippen LogP contribution >= 0.6 is 0 Å². The summed E-state index contributed by atoms with van der Waals surface area (Å²) in [6, 6.07) is 7.38. The first-order valence-corrected chi connectivity index (χ1v) is 7.42. The fourth-order valence-corrected chi connectivity index (χ4v) is 3.15. The lowest BCUT2D eigenvalue weighted by atomic mass is 10.0. The van der Waals surface area contributed by atoms with Crippen molar-refractivity contribution >= 4 is 16.8 Å². The summed E-state index contributed by atoms with van der Waals surface area (Å²) in [4.78, 5) is 17.4. The number of hydrogen-bond acceptors (Lipinski definition) is 3. The maximum atomic E-state index is 12.5. The molecule has 5 heteroatoms. The van der Waals surface area contributed by atoms with E-state index in [1.165, 1.54) is 0 Å². The Morgan fingerprint density at radius 3 is 3.10 bits per heavy atom. The predicted molar refractivity (Wildman–Crippen MR) is 81.8 cm³/mol.